The third-order valence-electron chi connectivity index (χ3n) is 2.73. The van der Waals surface area contributed by atoms with Crippen molar-refractivity contribution in [2.24, 2.45) is 11.1 Å². The molecule has 0 saturated heterocycles. The van der Waals surface area contributed by atoms with Crippen molar-refractivity contribution in [2.45, 2.75) is 19.9 Å². The van der Waals surface area contributed by atoms with E-state index in [1.54, 1.807) is 13.8 Å². The van der Waals surface area contributed by atoms with Crippen LogP contribution in [0.15, 0.2) is 24.3 Å². The quantitative estimate of drug-likeness (QED) is 0.683. The molecule has 1 aromatic carbocycles. The average Bonchev–Trinajstić information content (AvgIpc) is 2.27. The number of ether oxygens (including phenoxy) is 1. The monoisotopic (exact) mass is 333 g/mol. The van der Waals surface area contributed by atoms with Crippen LogP contribution in [0.4, 0.5) is 0 Å². The Kier molecular flexibility index (Phi) is 4.32. The molecule has 0 aliphatic rings. The fourth-order valence-corrected chi connectivity index (χ4v) is 2.23. The summed E-state index contributed by atoms with van der Waals surface area (Å²) in [6.07, 6.45) is 0. The fraction of sp³-hybridized carbons (Fsp3) is 0.417. The van der Waals surface area contributed by atoms with Gasteiger partial charge in [0.2, 0.25) is 0 Å². The van der Waals surface area contributed by atoms with Gasteiger partial charge in [-0.05, 0) is 48.1 Å². The van der Waals surface area contributed by atoms with Crippen LogP contribution in [-0.2, 0) is 9.53 Å². The van der Waals surface area contributed by atoms with Crippen LogP contribution in [0.2, 0.25) is 0 Å². The van der Waals surface area contributed by atoms with E-state index < -0.39 is 5.41 Å². The summed E-state index contributed by atoms with van der Waals surface area (Å²) in [5, 5.41) is 0. The van der Waals surface area contributed by atoms with Crippen LogP contribution in [0.5, 0.6) is 0 Å². The molecular formula is C12H16INO2. The lowest BCUT2D eigenvalue weighted by molar-refractivity contribution is -0.152. The Morgan fingerprint density at radius 2 is 2.00 bits per heavy atom. The fourth-order valence-electron chi connectivity index (χ4n) is 1.51. The molecular weight excluding hydrogens is 317 g/mol. The first-order valence-corrected chi connectivity index (χ1v) is 6.07. The highest BCUT2D eigenvalue weighted by molar-refractivity contribution is 14.1. The molecule has 3 nitrogen and oxygen atoms in total. The highest BCUT2D eigenvalue weighted by Crippen LogP contribution is 2.34. The van der Waals surface area contributed by atoms with E-state index in [2.05, 4.69) is 22.6 Å². The molecule has 4 heteroatoms. The average molecular weight is 333 g/mol. The number of hydrogen-bond donors (Lipinski definition) is 1. The molecule has 0 aliphatic carbocycles. The molecule has 88 valence electrons. The van der Waals surface area contributed by atoms with E-state index in [0.29, 0.717) is 0 Å². The Morgan fingerprint density at radius 3 is 2.50 bits per heavy atom. The number of esters is 1. The highest BCUT2D eigenvalue weighted by Gasteiger charge is 2.37. The lowest BCUT2D eigenvalue weighted by Crippen LogP contribution is -2.37. The summed E-state index contributed by atoms with van der Waals surface area (Å²) in [6, 6.07) is 7.42. The number of carbonyl (C=O) groups excluding carboxylic acids is 1. The molecule has 0 heterocycles. The normalized spacial score (nSPS) is 13.3. The van der Waals surface area contributed by atoms with Gasteiger partial charge in [-0.25, -0.2) is 0 Å². The molecule has 1 aromatic rings. The van der Waals surface area contributed by atoms with Gasteiger partial charge in [-0.1, -0.05) is 18.2 Å². The molecule has 0 fully saturated rings. The Labute approximate surface area is 109 Å². The number of rotatable bonds is 3. The highest BCUT2D eigenvalue weighted by atomic mass is 127. The molecule has 0 bridgehead atoms. The van der Waals surface area contributed by atoms with E-state index in [-0.39, 0.29) is 12.0 Å². The van der Waals surface area contributed by atoms with Crippen molar-refractivity contribution in [3.8, 4) is 0 Å². The van der Waals surface area contributed by atoms with E-state index in [1.807, 2.05) is 24.3 Å². The minimum Gasteiger partial charge on any atom is -0.469 e. The number of methoxy groups -OCH3 is 1. The van der Waals surface area contributed by atoms with E-state index in [4.69, 9.17) is 10.5 Å². The number of hydrogen-bond acceptors (Lipinski definition) is 3. The van der Waals surface area contributed by atoms with Gasteiger partial charge >= 0.3 is 5.97 Å². The Balaban J connectivity index is 3.07. The van der Waals surface area contributed by atoms with Crippen molar-refractivity contribution in [2.75, 3.05) is 7.11 Å². The zero-order valence-electron chi connectivity index (χ0n) is 9.66. The molecule has 1 atom stereocenters. The van der Waals surface area contributed by atoms with Crippen LogP contribution >= 0.6 is 22.6 Å². The second-order valence-electron chi connectivity index (χ2n) is 4.21. The zero-order chi connectivity index (χ0) is 12.3. The third kappa shape index (κ3) is 2.55. The van der Waals surface area contributed by atoms with Crippen molar-refractivity contribution in [1.29, 1.82) is 0 Å². The smallest absolute Gasteiger partial charge is 0.313 e. The molecule has 16 heavy (non-hydrogen) atoms. The van der Waals surface area contributed by atoms with Gasteiger partial charge < -0.3 is 10.5 Å². The summed E-state index contributed by atoms with van der Waals surface area (Å²) in [7, 11) is 1.38. The number of nitrogens with two attached hydrogens (primary N) is 1. The van der Waals surface area contributed by atoms with Gasteiger partial charge in [0, 0.05) is 9.61 Å². The minimum absolute atomic E-state index is 0.292. The standard InChI is InChI=1S/C12H16INO2/c1-12(2,11(15)16-3)10(14)8-6-4-5-7-9(8)13/h4-7,10H,14H2,1-3H3/t10-/m0/s1. The third-order valence-corrected chi connectivity index (χ3v) is 3.71. The van der Waals surface area contributed by atoms with Gasteiger partial charge in [-0.3, -0.25) is 4.79 Å². The topological polar surface area (TPSA) is 52.3 Å². The van der Waals surface area contributed by atoms with Crippen LogP contribution in [-0.4, -0.2) is 13.1 Å². The Bertz CT molecular complexity index is 390. The lowest BCUT2D eigenvalue weighted by atomic mass is 9.81. The Hall–Kier alpha value is -0.620. The SMILES string of the molecule is COC(=O)C(C)(C)[C@@H](N)c1ccccc1I. The summed E-state index contributed by atoms with van der Waals surface area (Å²) in [5.74, 6) is -0.292. The van der Waals surface area contributed by atoms with Crippen LogP contribution in [0, 0.1) is 8.99 Å². The van der Waals surface area contributed by atoms with Gasteiger partial charge in [0.1, 0.15) is 0 Å². The summed E-state index contributed by atoms with van der Waals surface area (Å²) >= 11 is 2.22. The van der Waals surface area contributed by atoms with Gasteiger partial charge in [0.25, 0.3) is 0 Å². The van der Waals surface area contributed by atoms with Crippen molar-refractivity contribution in [1.82, 2.24) is 0 Å². The number of benzene rings is 1. The van der Waals surface area contributed by atoms with Gasteiger partial charge in [0.15, 0.2) is 0 Å². The summed E-state index contributed by atoms with van der Waals surface area (Å²) in [6.45, 7) is 3.60. The maximum Gasteiger partial charge on any atom is 0.313 e. The maximum atomic E-state index is 11.7. The van der Waals surface area contributed by atoms with Crippen molar-refractivity contribution in [3.05, 3.63) is 33.4 Å². The van der Waals surface area contributed by atoms with Gasteiger partial charge in [-0.15, -0.1) is 0 Å². The van der Waals surface area contributed by atoms with Crippen LogP contribution in [0.25, 0.3) is 0 Å². The molecule has 0 unspecified atom stereocenters. The first-order valence-electron chi connectivity index (χ1n) is 4.99. The molecule has 0 amide bonds. The predicted octanol–water partition coefficient (Wildman–Crippen LogP) is 2.49. The molecule has 1 rings (SSSR count). The number of carbonyl (C=O) groups is 1. The molecule has 0 spiro atoms. The maximum absolute atomic E-state index is 11.7. The first kappa shape index (κ1) is 13.4. The van der Waals surface area contributed by atoms with Gasteiger partial charge in [-0.2, -0.15) is 0 Å². The summed E-state index contributed by atoms with van der Waals surface area (Å²) in [4.78, 5) is 11.7. The molecule has 0 aliphatic heterocycles. The van der Waals surface area contributed by atoms with Crippen LogP contribution in [0.3, 0.4) is 0 Å². The number of halogens is 1. The van der Waals surface area contributed by atoms with Crippen molar-refractivity contribution >= 4 is 28.6 Å². The zero-order valence-corrected chi connectivity index (χ0v) is 11.8. The summed E-state index contributed by atoms with van der Waals surface area (Å²) in [5.41, 5.74) is 6.39. The van der Waals surface area contributed by atoms with Crippen molar-refractivity contribution < 1.29 is 9.53 Å². The molecule has 0 saturated carbocycles. The van der Waals surface area contributed by atoms with Gasteiger partial charge in [0.05, 0.1) is 12.5 Å². The van der Waals surface area contributed by atoms with E-state index >= 15 is 0 Å². The second-order valence-corrected chi connectivity index (χ2v) is 5.37. The molecule has 0 aromatic heterocycles. The first-order chi connectivity index (χ1) is 7.41. The van der Waals surface area contributed by atoms with Crippen molar-refractivity contribution in [3.63, 3.8) is 0 Å². The molecule has 2 N–H and O–H groups in total. The van der Waals surface area contributed by atoms with E-state index in [1.165, 1.54) is 7.11 Å². The van der Waals surface area contributed by atoms with Crippen LogP contribution in [0.1, 0.15) is 25.5 Å². The van der Waals surface area contributed by atoms with E-state index in [0.717, 1.165) is 9.13 Å². The van der Waals surface area contributed by atoms with Crippen LogP contribution < -0.4 is 5.73 Å². The summed E-state index contributed by atoms with van der Waals surface area (Å²) < 4.78 is 5.84. The Morgan fingerprint density at radius 1 is 1.44 bits per heavy atom. The largest absolute Gasteiger partial charge is 0.469 e. The van der Waals surface area contributed by atoms with E-state index in [9.17, 15) is 4.79 Å². The minimum atomic E-state index is -0.726. The predicted molar refractivity (Wildman–Crippen MR) is 71.9 cm³/mol. The lowest BCUT2D eigenvalue weighted by Gasteiger charge is -2.29. The molecule has 0 radical (unpaired) electrons. The second kappa shape index (κ2) is 5.14.